The quantitative estimate of drug-likeness (QED) is 0.696. The first-order valence-corrected chi connectivity index (χ1v) is 8.11. The summed E-state index contributed by atoms with van der Waals surface area (Å²) in [5.74, 6) is 1.97. The van der Waals surface area contributed by atoms with Crippen LogP contribution < -0.4 is 15.4 Å². The van der Waals surface area contributed by atoms with Crippen LogP contribution in [0.25, 0.3) is 0 Å². The van der Waals surface area contributed by atoms with Crippen LogP contribution in [0.5, 0.6) is 5.88 Å². The average molecular weight is 293 g/mol. The Kier molecular flexibility index (Phi) is 7.34. The molecule has 0 atom stereocenters. The van der Waals surface area contributed by atoms with E-state index in [4.69, 9.17) is 10.5 Å². The summed E-state index contributed by atoms with van der Waals surface area (Å²) in [6.07, 6.45) is 3.65. The highest BCUT2D eigenvalue weighted by atomic mass is 16.5. The molecule has 1 aromatic rings. The lowest BCUT2D eigenvalue weighted by Crippen LogP contribution is -2.32. The van der Waals surface area contributed by atoms with Crippen molar-refractivity contribution in [3.05, 3.63) is 12.1 Å². The van der Waals surface area contributed by atoms with Gasteiger partial charge in [-0.3, -0.25) is 0 Å². The zero-order valence-corrected chi connectivity index (χ0v) is 14.2. The van der Waals surface area contributed by atoms with E-state index in [2.05, 4.69) is 44.5 Å². The largest absolute Gasteiger partial charge is 0.476 e. The Labute approximate surface area is 129 Å². The highest BCUT2D eigenvalue weighted by molar-refractivity contribution is 5.54. The van der Waals surface area contributed by atoms with Gasteiger partial charge in [0.15, 0.2) is 0 Å². The van der Waals surface area contributed by atoms with Gasteiger partial charge in [0, 0.05) is 12.6 Å². The molecule has 0 fully saturated rings. The van der Waals surface area contributed by atoms with Crippen molar-refractivity contribution in [1.82, 2.24) is 4.98 Å². The highest BCUT2D eigenvalue weighted by Crippen LogP contribution is 2.25. The Bertz CT molecular complexity index is 418. The van der Waals surface area contributed by atoms with Gasteiger partial charge in [0.1, 0.15) is 5.82 Å². The maximum absolute atomic E-state index is 5.97. The number of aromatic nitrogens is 1. The third-order valence-electron chi connectivity index (χ3n) is 3.35. The number of ether oxygens (including phenoxy) is 1. The van der Waals surface area contributed by atoms with Gasteiger partial charge in [-0.1, -0.05) is 33.6 Å². The summed E-state index contributed by atoms with van der Waals surface area (Å²) in [7, 11) is 0. The molecule has 0 aromatic carbocycles. The van der Waals surface area contributed by atoms with Crippen LogP contribution in [0.4, 0.5) is 11.5 Å². The topological polar surface area (TPSA) is 51.4 Å². The number of hydrogen-bond acceptors (Lipinski definition) is 4. The van der Waals surface area contributed by atoms with Crippen molar-refractivity contribution < 1.29 is 4.74 Å². The predicted molar refractivity (Wildman–Crippen MR) is 91.0 cm³/mol. The van der Waals surface area contributed by atoms with Gasteiger partial charge in [-0.25, -0.2) is 0 Å². The van der Waals surface area contributed by atoms with Gasteiger partial charge in [-0.15, -0.1) is 0 Å². The maximum Gasteiger partial charge on any atom is 0.239 e. The maximum atomic E-state index is 5.97. The van der Waals surface area contributed by atoms with E-state index in [1.54, 1.807) is 0 Å². The molecule has 0 amide bonds. The number of anilines is 2. The summed E-state index contributed by atoms with van der Waals surface area (Å²) >= 11 is 0. The summed E-state index contributed by atoms with van der Waals surface area (Å²) in [5.41, 5.74) is 6.58. The second kappa shape index (κ2) is 8.75. The van der Waals surface area contributed by atoms with E-state index in [1.165, 1.54) is 19.3 Å². The average Bonchev–Trinajstić information content (AvgIpc) is 2.42. The summed E-state index contributed by atoms with van der Waals surface area (Å²) < 4.78 is 5.73. The van der Waals surface area contributed by atoms with E-state index in [1.807, 2.05) is 12.1 Å². The van der Waals surface area contributed by atoms with Crippen LogP contribution in [0.1, 0.15) is 53.9 Å². The number of nitrogen functional groups attached to an aromatic ring is 1. The van der Waals surface area contributed by atoms with Gasteiger partial charge in [0.05, 0.1) is 12.3 Å². The molecule has 0 saturated heterocycles. The van der Waals surface area contributed by atoms with Crippen LogP contribution in [0.3, 0.4) is 0 Å². The molecule has 0 spiro atoms. The third-order valence-corrected chi connectivity index (χ3v) is 3.35. The molecule has 21 heavy (non-hydrogen) atoms. The number of pyridine rings is 1. The SMILES string of the molecule is CCCCCN(c1ccc(N)c(OCC(C)C)n1)C(C)C. The fourth-order valence-corrected chi connectivity index (χ4v) is 2.13. The van der Waals surface area contributed by atoms with Gasteiger partial charge in [0.25, 0.3) is 0 Å². The molecule has 0 saturated carbocycles. The van der Waals surface area contributed by atoms with Crippen LogP contribution in [-0.4, -0.2) is 24.2 Å². The highest BCUT2D eigenvalue weighted by Gasteiger charge is 2.14. The summed E-state index contributed by atoms with van der Waals surface area (Å²) in [4.78, 5) is 6.94. The van der Waals surface area contributed by atoms with Crippen molar-refractivity contribution in [2.24, 2.45) is 5.92 Å². The number of rotatable bonds is 9. The standard InChI is InChI=1S/C17H31N3O/c1-6-7-8-11-20(14(4)5)16-10-9-15(18)17(19-16)21-12-13(2)3/h9-10,13-14H,6-8,11-12,18H2,1-5H3. The molecule has 0 unspecified atom stereocenters. The van der Waals surface area contributed by atoms with Gasteiger partial charge >= 0.3 is 0 Å². The van der Waals surface area contributed by atoms with Crippen molar-refractivity contribution in [2.45, 2.75) is 59.9 Å². The molecule has 4 heteroatoms. The predicted octanol–water partition coefficient (Wildman–Crippen LogP) is 4.10. The number of nitrogens with zero attached hydrogens (tertiary/aromatic N) is 2. The smallest absolute Gasteiger partial charge is 0.239 e. The summed E-state index contributed by atoms with van der Waals surface area (Å²) in [5, 5.41) is 0. The van der Waals surface area contributed by atoms with Crippen molar-refractivity contribution in [2.75, 3.05) is 23.8 Å². The molecule has 2 N–H and O–H groups in total. The zero-order valence-electron chi connectivity index (χ0n) is 14.2. The molecule has 0 aliphatic carbocycles. The van der Waals surface area contributed by atoms with E-state index >= 15 is 0 Å². The number of nitrogens with two attached hydrogens (primary N) is 1. The Balaban J connectivity index is 2.85. The van der Waals surface area contributed by atoms with Gasteiger partial charge in [0.2, 0.25) is 5.88 Å². The lowest BCUT2D eigenvalue weighted by molar-refractivity contribution is 0.263. The molecule has 1 aromatic heterocycles. The Morgan fingerprint density at radius 2 is 1.90 bits per heavy atom. The third kappa shape index (κ3) is 5.82. The molecule has 1 rings (SSSR count). The normalized spacial score (nSPS) is 11.2. The first-order chi connectivity index (χ1) is 9.95. The molecule has 0 radical (unpaired) electrons. The van der Waals surface area contributed by atoms with Crippen molar-refractivity contribution in [3.8, 4) is 5.88 Å². The molecule has 4 nitrogen and oxygen atoms in total. The van der Waals surface area contributed by atoms with Crippen LogP contribution in [-0.2, 0) is 0 Å². The van der Waals surface area contributed by atoms with E-state index in [0.717, 1.165) is 12.4 Å². The first kappa shape index (κ1) is 17.6. The fourth-order valence-electron chi connectivity index (χ4n) is 2.13. The lowest BCUT2D eigenvalue weighted by Gasteiger charge is -2.28. The number of unbranched alkanes of at least 4 members (excludes halogenated alkanes) is 2. The zero-order chi connectivity index (χ0) is 15.8. The van der Waals surface area contributed by atoms with Crippen molar-refractivity contribution in [3.63, 3.8) is 0 Å². The number of hydrogen-bond donors (Lipinski definition) is 1. The second-order valence-electron chi connectivity index (χ2n) is 6.26. The van der Waals surface area contributed by atoms with Crippen molar-refractivity contribution >= 4 is 11.5 Å². The summed E-state index contributed by atoms with van der Waals surface area (Å²) in [6, 6.07) is 4.30. The second-order valence-corrected chi connectivity index (χ2v) is 6.26. The van der Waals surface area contributed by atoms with Crippen LogP contribution in [0.2, 0.25) is 0 Å². The van der Waals surface area contributed by atoms with Gasteiger partial charge in [-0.2, -0.15) is 4.98 Å². The van der Waals surface area contributed by atoms with Gasteiger partial charge < -0.3 is 15.4 Å². The molecule has 0 aliphatic rings. The molecule has 1 heterocycles. The van der Waals surface area contributed by atoms with E-state index in [9.17, 15) is 0 Å². The minimum atomic E-state index is 0.413. The minimum absolute atomic E-state index is 0.413. The Hall–Kier alpha value is -1.45. The molecule has 0 aliphatic heterocycles. The van der Waals surface area contributed by atoms with Crippen LogP contribution in [0, 0.1) is 5.92 Å². The van der Waals surface area contributed by atoms with Gasteiger partial charge in [-0.05, 0) is 38.3 Å². The van der Waals surface area contributed by atoms with E-state index < -0.39 is 0 Å². The van der Waals surface area contributed by atoms with E-state index in [-0.39, 0.29) is 0 Å². The van der Waals surface area contributed by atoms with Crippen LogP contribution in [0.15, 0.2) is 12.1 Å². The van der Waals surface area contributed by atoms with E-state index in [0.29, 0.717) is 30.1 Å². The lowest BCUT2D eigenvalue weighted by atomic mass is 10.2. The first-order valence-electron chi connectivity index (χ1n) is 8.11. The fraction of sp³-hybridized carbons (Fsp3) is 0.706. The van der Waals surface area contributed by atoms with Crippen molar-refractivity contribution in [1.29, 1.82) is 0 Å². The molecule has 0 bridgehead atoms. The Morgan fingerprint density at radius 3 is 2.48 bits per heavy atom. The Morgan fingerprint density at radius 1 is 1.19 bits per heavy atom. The molecular formula is C17H31N3O. The molecule has 120 valence electrons. The minimum Gasteiger partial charge on any atom is -0.476 e. The molecular weight excluding hydrogens is 262 g/mol. The van der Waals surface area contributed by atoms with Crippen LogP contribution >= 0.6 is 0 Å². The summed E-state index contributed by atoms with van der Waals surface area (Å²) in [6.45, 7) is 12.5. The monoisotopic (exact) mass is 293 g/mol.